The fraction of sp³-hybridized carbons (Fsp3) is 0.346. The third-order valence-electron chi connectivity index (χ3n) is 5.91. The van der Waals surface area contributed by atoms with Crippen molar-refractivity contribution in [3.05, 3.63) is 77.7 Å². The van der Waals surface area contributed by atoms with Crippen molar-refractivity contribution in [2.45, 2.75) is 57.3 Å². The van der Waals surface area contributed by atoms with Crippen LogP contribution >= 0.6 is 0 Å². The number of nitrogens with zero attached hydrogens (tertiary/aromatic N) is 2. The zero-order valence-electron chi connectivity index (χ0n) is 18.0. The van der Waals surface area contributed by atoms with E-state index in [2.05, 4.69) is 10.3 Å². The maximum absolute atomic E-state index is 13.6. The minimum atomic E-state index is -0.301. The van der Waals surface area contributed by atoms with E-state index in [-0.39, 0.29) is 29.9 Å². The third-order valence-corrected chi connectivity index (χ3v) is 5.91. The molecule has 32 heavy (non-hydrogen) atoms. The number of nitrogens with one attached hydrogen (secondary N) is 1. The molecule has 1 amide bonds. The molecule has 1 fully saturated rings. The summed E-state index contributed by atoms with van der Waals surface area (Å²) in [6, 6.07) is 6.17. The highest BCUT2D eigenvalue weighted by Crippen LogP contribution is 2.35. The average molecular weight is 436 g/mol. The van der Waals surface area contributed by atoms with E-state index in [4.69, 9.17) is 4.98 Å². The van der Waals surface area contributed by atoms with Crippen LogP contribution < -0.4 is 5.32 Å². The van der Waals surface area contributed by atoms with Gasteiger partial charge in [0.05, 0.1) is 24.0 Å². The molecule has 1 N–H and O–H groups in total. The van der Waals surface area contributed by atoms with Crippen LogP contribution in [-0.2, 0) is 4.79 Å². The van der Waals surface area contributed by atoms with Crippen molar-refractivity contribution in [1.29, 1.82) is 0 Å². The monoisotopic (exact) mass is 435 g/mol. The number of allylic oxidation sites excluding steroid dienone is 5. The van der Waals surface area contributed by atoms with Gasteiger partial charge in [0.25, 0.3) is 0 Å². The summed E-state index contributed by atoms with van der Waals surface area (Å²) >= 11 is 0. The SMILES string of the molecule is O=C(CC1=C/C=C(/F)CC/C=C\1)Nc1ncc(-c2ccc(F)cc2)nc1C1CCCCC1. The molecule has 4 nitrogen and oxygen atoms in total. The minimum absolute atomic E-state index is 0.131. The first-order chi connectivity index (χ1) is 15.6. The van der Waals surface area contributed by atoms with Gasteiger partial charge < -0.3 is 5.32 Å². The van der Waals surface area contributed by atoms with Crippen molar-refractivity contribution >= 4 is 11.7 Å². The van der Waals surface area contributed by atoms with E-state index in [1.807, 2.05) is 12.2 Å². The van der Waals surface area contributed by atoms with Gasteiger partial charge in [-0.15, -0.1) is 0 Å². The van der Waals surface area contributed by atoms with Crippen LogP contribution in [0.25, 0.3) is 11.3 Å². The van der Waals surface area contributed by atoms with Crippen LogP contribution in [0.2, 0.25) is 0 Å². The fourth-order valence-electron chi connectivity index (χ4n) is 4.19. The van der Waals surface area contributed by atoms with Crippen LogP contribution in [0.15, 0.2) is 66.2 Å². The van der Waals surface area contributed by atoms with E-state index < -0.39 is 0 Å². The number of aromatic nitrogens is 2. The molecule has 0 spiro atoms. The highest BCUT2D eigenvalue weighted by Gasteiger charge is 2.23. The number of anilines is 1. The molecular weight excluding hydrogens is 408 g/mol. The highest BCUT2D eigenvalue weighted by atomic mass is 19.1. The second-order valence-electron chi connectivity index (χ2n) is 8.35. The van der Waals surface area contributed by atoms with E-state index in [0.29, 0.717) is 24.4 Å². The zero-order valence-corrected chi connectivity index (χ0v) is 18.0. The van der Waals surface area contributed by atoms with Gasteiger partial charge in [0, 0.05) is 17.9 Å². The molecule has 0 bridgehead atoms. The van der Waals surface area contributed by atoms with Gasteiger partial charge in [0.1, 0.15) is 11.6 Å². The molecule has 0 unspecified atom stereocenters. The molecule has 1 saturated carbocycles. The molecule has 0 atom stereocenters. The van der Waals surface area contributed by atoms with Crippen LogP contribution in [0.3, 0.4) is 0 Å². The largest absolute Gasteiger partial charge is 0.309 e. The van der Waals surface area contributed by atoms with Gasteiger partial charge in [-0.25, -0.2) is 18.7 Å². The molecule has 2 aromatic rings. The van der Waals surface area contributed by atoms with Crippen LogP contribution in [0.5, 0.6) is 0 Å². The van der Waals surface area contributed by atoms with E-state index in [1.165, 1.54) is 24.6 Å². The number of hydrogen-bond acceptors (Lipinski definition) is 3. The van der Waals surface area contributed by atoms with Crippen molar-refractivity contribution in [2.75, 3.05) is 5.32 Å². The standard InChI is InChI=1S/C26H27F2N3O/c27-21-9-5-4-6-18(10-13-21)16-24(32)31-26-25(20-7-2-1-3-8-20)30-23(17-29-26)19-11-14-22(28)15-12-19/h4,6,10-15,17,20H,1-3,5,7-9,16H2,(H,29,31,32)/b6-4-,18-10+,21-13+. The number of rotatable bonds is 5. The first-order valence-electron chi connectivity index (χ1n) is 11.2. The predicted octanol–water partition coefficient (Wildman–Crippen LogP) is 6.79. The molecule has 4 rings (SSSR count). The topological polar surface area (TPSA) is 54.9 Å². The van der Waals surface area contributed by atoms with Crippen LogP contribution in [0, 0.1) is 5.82 Å². The molecular formula is C26H27F2N3O. The summed E-state index contributed by atoms with van der Waals surface area (Å²) in [6.07, 6.45) is 15.0. The van der Waals surface area contributed by atoms with Gasteiger partial charge in [-0.1, -0.05) is 37.5 Å². The van der Waals surface area contributed by atoms with E-state index in [9.17, 15) is 13.6 Å². The lowest BCUT2D eigenvalue weighted by molar-refractivity contribution is -0.115. The molecule has 0 aliphatic heterocycles. The average Bonchev–Trinajstić information content (AvgIpc) is 2.80. The molecule has 1 aromatic carbocycles. The number of carbonyl (C=O) groups is 1. The molecule has 2 aliphatic rings. The van der Waals surface area contributed by atoms with Crippen molar-refractivity contribution in [1.82, 2.24) is 9.97 Å². The third kappa shape index (κ3) is 5.75. The predicted molar refractivity (Wildman–Crippen MR) is 122 cm³/mol. The van der Waals surface area contributed by atoms with E-state index >= 15 is 0 Å². The van der Waals surface area contributed by atoms with Crippen LogP contribution in [-0.4, -0.2) is 15.9 Å². The smallest absolute Gasteiger partial charge is 0.229 e. The lowest BCUT2D eigenvalue weighted by Crippen LogP contribution is -2.18. The number of hydrogen-bond donors (Lipinski definition) is 1. The Labute approximate surface area is 187 Å². The van der Waals surface area contributed by atoms with Crippen molar-refractivity contribution in [3.8, 4) is 11.3 Å². The highest BCUT2D eigenvalue weighted by molar-refractivity contribution is 5.92. The number of amides is 1. The van der Waals surface area contributed by atoms with Gasteiger partial charge >= 0.3 is 0 Å². The lowest BCUT2D eigenvalue weighted by Gasteiger charge is -2.23. The normalized spacial score (nSPS) is 21.4. The maximum Gasteiger partial charge on any atom is 0.229 e. The summed E-state index contributed by atoms with van der Waals surface area (Å²) in [7, 11) is 0. The van der Waals surface area contributed by atoms with Gasteiger partial charge in [-0.2, -0.15) is 0 Å². The molecule has 166 valence electrons. The Bertz CT molecular complexity index is 1050. The number of carbonyl (C=O) groups excluding carboxylic acids is 1. The summed E-state index contributed by atoms with van der Waals surface area (Å²) in [5.74, 6) is 0.00467. The Hall–Kier alpha value is -3.15. The second kappa shape index (κ2) is 10.4. The van der Waals surface area contributed by atoms with E-state index in [1.54, 1.807) is 24.4 Å². The van der Waals surface area contributed by atoms with Gasteiger partial charge in [-0.05, 0) is 55.2 Å². The van der Waals surface area contributed by atoms with Crippen LogP contribution in [0.1, 0.15) is 63.0 Å². The molecule has 2 aliphatic carbocycles. The second-order valence-corrected chi connectivity index (χ2v) is 8.35. The molecule has 6 heteroatoms. The fourth-order valence-corrected chi connectivity index (χ4v) is 4.19. The minimum Gasteiger partial charge on any atom is -0.309 e. The van der Waals surface area contributed by atoms with Gasteiger partial charge in [0.15, 0.2) is 5.82 Å². The van der Waals surface area contributed by atoms with Crippen molar-refractivity contribution in [2.24, 2.45) is 0 Å². The van der Waals surface area contributed by atoms with Crippen molar-refractivity contribution in [3.63, 3.8) is 0 Å². The summed E-state index contributed by atoms with van der Waals surface area (Å²) in [4.78, 5) is 22.2. The Balaban J connectivity index is 1.57. The summed E-state index contributed by atoms with van der Waals surface area (Å²) < 4.78 is 26.9. The Morgan fingerprint density at radius 2 is 1.84 bits per heavy atom. The molecule has 0 saturated heterocycles. The Kier molecular flexibility index (Phi) is 7.20. The molecule has 0 radical (unpaired) electrons. The molecule has 1 aromatic heterocycles. The summed E-state index contributed by atoms with van der Waals surface area (Å²) in [6.45, 7) is 0. The number of benzene rings is 1. The number of halogens is 2. The summed E-state index contributed by atoms with van der Waals surface area (Å²) in [5, 5.41) is 2.93. The summed E-state index contributed by atoms with van der Waals surface area (Å²) in [5.41, 5.74) is 2.97. The van der Waals surface area contributed by atoms with Gasteiger partial charge in [0.2, 0.25) is 5.91 Å². The van der Waals surface area contributed by atoms with Crippen molar-refractivity contribution < 1.29 is 13.6 Å². The molecule has 1 heterocycles. The van der Waals surface area contributed by atoms with Gasteiger partial charge in [-0.3, -0.25) is 4.79 Å². The lowest BCUT2D eigenvalue weighted by atomic mass is 9.86. The van der Waals surface area contributed by atoms with E-state index in [0.717, 1.165) is 42.5 Å². The first-order valence-corrected chi connectivity index (χ1v) is 11.2. The quantitative estimate of drug-likeness (QED) is 0.563. The Morgan fingerprint density at radius 3 is 2.62 bits per heavy atom. The first kappa shape index (κ1) is 22.1. The maximum atomic E-state index is 13.6. The Morgan fingerprint density at radius 1 is 1.06 bits per heavy atom. The zero-order chi connectivity index (χ0) is 22.3. The van der Waals surface area contributed by atoms with Crippen LogP contribution in [0.4, 0.5) is 14.6 Å².